The Kier molecular flexibility index (Phi) is 9.87. The topological polar surface area (TPSA) is 61.8 Å². The van der Waals surface area contributed by atoms with Crippen molar-refractivity contribution >= 4 is 23.5 Å². The van der Waals surface area contributed by atoms with Crippen LogP contribution in [0, 0.1) is 0 Å². The molecule has 0 amide bonds. The number of thioether (sulfide) groups is 1. The minimum atomic E-state index is -0.796. The molecule has 2 unspecified atom stereocenters. The van der Waals surface area contributed by atoms with Crippen molar-refractivity contribution in [2.45, 2.75) is 68.8 Å². The van der Waals surface area contributed by atoms with Gasteiger partial charge in [0.2, 0.25) is 0 Å². The third kappa shape index (κ3) is 8.03. The molecule has 6 heteroatoms. The van der Waals surface area contributed by atoms with E-state index in [-0.39, 0.29) is 18.7 Å². The molecule has 5 nitrogen and oxygen atoms in total. The van der Waals surface area contributed by atoms with Crippen LogP contribution in [0.25, 0.3) is 0 Å². The van der Waals surface area contributed by atoms with E-state index in [2.05, 4.69) is 12.1 Å². The fourth-order valence-corrected chi connectivity index (χ4v) is 3.77. The molecule has 0 aromatic heterocycles. The minimum absolute atomic E-state index is 0.0105. The van der Waals surface area contributed by atoms with Crippen LogP contribution < -0.4 is 0 Å². The van der Waals surface area contributed by atoms with Crippen LogP contribution in [0.1, 0.15) is 51.5 Å². The fraction of sp³-hybridized carbons (Fsp3) is 0.619. The Labute approximate surface area is 166 Å². The number of rotatable bonds is 11. The third-order valence-electron chi connectivity index (χ3n) is 4.35. The Balaban J connectivity index is 1.70. The highest BCUT2D eigenvalue weighted by Crippen LogP contribution is 2.25. The molecule has 1 aromatic carbocycles. The summed E-state index contributed by atoms with van der Waals surface area (Å²) < 4.78 is 16.3. The molecule has 2 rings (SSSR count). The van der Waals surface area contributed by atoms with E-state index in [4.69, 9.17) is 14.2 Å². The molecule has 0 saturated carbocycles. The zero-order valence-electron chi connectivity index (χ0n) is 16.3. The highest BCUT2D eigenvalue weighted by Gasteiger charge is 2.25. The number of benzene rings is 1. The summed E-state index contributed by atoms with van der Waals surface area (Å²) in [6.45, 7) is 4.98. The second-order valence-corrected chi connectivity index (χ2v) is 7.81. The first-order chi connectivity index (χ1) is 13.1. The quantitative estimate of drug-likeness (QED) is 0.243. The summed E-state index contributed by atoms with van der Waals surface area (Å²) in [6.07, 6.45) is 6.37. The van der Waals surface area contributed by atoms with Gasteiger partial charge in [0.25, 0.3) is 0 Å². The van der Waals surface area contributed by atoms with Gasteiger partial charge in [0.1, 0.15) is 0 Å². The lowest BCUT2D eigenvalue weighted by Gasteiger charge is -2.22. The van der Waals surface area contributed by atoms with Crippen LogP contribution in [0.5, 0.6) is 0 Å². The van der Waals surface area contributed by atoms with E-state index in [1.807, 2.05) is 12.1 Å². The van der Waals surface area contributed by atoms with Crippen LogP contribution in [0.15, 0.2) is 29.2 Å². The fourth-order valence-electron chi connectivity index (χ4n) is 2.87. The molecule has 1 aromatic rings. The van der Waals surface area contributed by atoms with E-state index in [0.29, 0.717) is 0 Å². The van der Waals surface area contributed by atoms with Crippen LogP contribution >= 0.6 is 11.8 Å². The number of ketones is 1. The van der Waals surface area contributed by atoms with Crippen molar-refractivity contribution in [2.75, 3.05) is 19.8 Å². The number of carbonyl (C=O) groups excluding carboxylic acids is 2. The Morgan fingerprint density at radius 1 is 1.22 bits per heavy atom. The van der Waals surface area contributed by atoms with Gasteiger partial charge in [-0.3, -0.25) is 9.59 Å². The highest BCUT2D eigenvalue weighted by atomic mass is 32.2. The van der Waals surface area contributed by atoms with E-state index in [1.54, 1.807) is 6.92 Å². The van der Waals surface area contributed by atoms with Crippen molar-refractivity contribution in [3.05, 3.63) is 29.8 Å². The van der Waals surface area contributed by atoms with E-state index < -0.39 is 11.2 Å². The summed E-state index contributed by atoms with van der Waals surface area (Å²) in [4.78, 5) is 24.5. The van der Waals surface area contributed by atoms with Crippen molar-refractivity contribution < 1.29 is 23.8 Å². The maximum absolute atomic E-state index is 11.9. The average Bonchev–Trinajstić information content (AvgIpc) is 2.67. The van der Waals surface area contributed by atoms with E-state index in [0.717, 1.165) is 50.2 Å². The number of aryl methyl sites for hydroxylation is 1. The van der Waals surface area contributed by atoms with Gasteiger partial charge in [0.05, 0.1) is 6.61 Å². The molecular weight excluding hydrogens is 364 g/mol. The monoisotopic (exact) mass is 394 g/mol. The van der Waals surface area contributed by atoms with Crippen LogP contribution in [-0.2, 0) is 30.2 Å². The maximum atomic E-state index is 11.9. The van der Waals surface area contributed by atoms with Gasteiger partial charge in [-0.05, 0) is 70.1 Å². The summed E-state index contributed by atoms with van der Waals surface area (Å²) in [5.74, 6) is -0.662. The van der Waals surface area contributed by atoms with Crippen molar-refractivity contribution in [1.82, 2.24) is 0 Å². The predicted octanol–water partition coefficient (Wildman–Crippen LogP) is 4.17. The van der Waals surface area contributed by atoms with Gasteiger partial charge in [0, 0.05) is 18.1 Å². The lowest BCUT2D eigenvalue weighted by atomic mass is 10.1. The molecule has 0 spiro atoms. The van der Waals surface area contributed by atoms with Crippen molar-refractivity contribution in [3.63, 3.8) is 0 Å². The maximum Gasteiger partial charge on any atom is 0.327 e. The highest BCUT2D eigenvalue weighted by molar-refractivity contribution is 8.01. The molecule has 27 heavy (non-hydrogen) atoms. The number of Topliss-reactive ketones (excluding diaryl/α,β-unsaturated/α-hetero) is 1. The Bertz CT molecular complexity index is 581. The molecule has 0 radical (unpaired) electrons. The third-order valence-corrected chi connectivity index (χ3v) is 5.65. The zero-order valence-corrected chi connectivity index (χ0v) is 17.1. The molecule has 0 N–H and O–H groups in total. The lowest BCUT2D eigenvalue weighted by Crippen LogP contribution is -2.27. The first kappa shape index (κ1) is 21.9. The number of unbranched alkanes of at least 4 members (excludes halogenated alkanes) is 1. The Morgan fingerprint density at radius 3 is 2.63 bits per heavy atom. The Morgan fingerprint density at radius 2 is 2.00 bits per heavy atom. The van der Waals surface area contributed by atoms with E-state index in [9.17, 15) is 9.59 Å². The van der Waals surface area contributed by atoms with Crippen molar-refractivity contribution in [1.29, 1.82) is 0 Å². The molecule has 1 fully saturated rings. The summed E-state index contributed by atoms with van der Waals surface area (Å²) in [5, 5.41) is -0.796. The zero-order chi connectivity index (χ0) is 19.5. The van der Waals surface area contributed by atoms with Crippen LogP contribution in [0.3, 0.4) is 0 Å². The average molecular weight is 395 g/mol. The summed E-state index contributed by atoms with van der Waals surface area (Å²) in [6, 6.07) is 8.02. The van der Waals surface area contributed by atoms with Crippen LogP contribution in [0.2, 0.25) is 0 Å². The molecule has 0 aliphatic carbocycles. The van der Waals surface area contributed by atoms with Gasteiger partial charge in [0.15, 0.2) is 17.3 Å². The predicted molar refractivity (Wildman–Crippen MR) is 106 cm³/mol. The second kappa shape index (κ2) is 12.2. The SMILES string of the molecule is CCOC(=O)C(Sc1ccc(CCCCOC2CCCCO2)cc1)C(C)=O. The summed E-state index contributed by atoms with van der Waals surface area (Å²) in [7, 11) is 0. The number of hydrogen-bond donors (Lipinski definition) is 0. The minimum Gasteiger partial charge on any atom is -0.465 e. The molecule has 0 bridgehead atoms. The van der Waals surface area contributed by atoms with E-state index >= 15 is 0 Å². The molecular formula is C21H30O5S. The number of carbonyl (C=O) groups is 2. The first-order valence-corrected chi connectivity index (χ1v) is 10.6. The normalized spacial score (nSPS) is 18.1. The molecule has 2 atom stereocenters. The molecule has 1 aliphatic rings. The number of hydrogen-bond acceptors (Lipinski definition) is 6. The van der Waals surface area contributed by atoms with Gasteiger partial charge >= 0.3 is 5.97 Å². The summed E-state index contributed by atoms with van der Waals surface area (Å²) in [5.41, 5.74) is 1.24. The van der Waals surface area contributed by atoms with Crippen LogP contribution in [0.4, 0.5) is 0 Å². The summed E-state index contributed by atoms with van der Waals surface area (Å²) >= 11 is 1.24. The van der Waals surface area contributed by atoms with Crippen LogP contribution in [-0.4, -0.2) is 43.1 Å². The van der Waals surface area contributed by atoms with Crippen molar-refractivity contribution in [2.24, 2.45) is 0 Å². The van der Waals surface area contributed by atoms with Gasteiger partial charge in [-0.25, -0.2) is 0 Å². The largest absolute Gasteiger partial charge is 0.465 e. The molecule has 150 valence electrons. The number of ether oxygens (including phenoxy) is 3. The lowest BCUT2D eigenvalue weighted by molar-refractivity contribution is -0.162. The molecule has 1 aliphatic heterocycles. The standard InChI is InChI=1S/C21H30O5S/c1-3-24-21(23)20(16(2)22)27-18-12-10-17(11-13-18)8-4-6-14-25-19-9-5-7-15-26-19/h10-13,19-20H,3-9,14-15H2,1-2H3. The smallest absolute Gasteiger partial charge is 0.327 e. The van der Waals surface area contributed by atoms with E-state index in [1.165, 1.54) is 30.7 Å². The first-order valence-electron chi connectivity index (χ1n) is 9.76. The van der Waals surface area contributed by atoms with Gasteiger partial charge in [-0.15, -0.1) is 11.8 Å². The Hall–Kier alpha value is -1.37. The number of esters is 1. The second-order valence-electron chi connectivity index (χ2n) is 6.63. The van der Waals surface area contributed by atoms with Gasteiger partial charge in [-0.1, -0.05) is 12.1 Å². The molecule has 1 heterocycles. The van der Waals surface area contributed by atoms with Gasteiger partial charge < -0.3 is 14.2 Å². The van der Waals surface area contributed by atoms with Crippen molar-refractivity contribution in [3.8, 4) is 0 Å². The van der Waals surface area contributed by atoms with Gasteiger partial charge in [-0.2, -0.15) is 0 Å². The molecule has 1 saturated heterocycles.